The van der Waals surface area contributed by atoms with Gasteiger partial charge in [0.15, 0.2) is 0 Å². The molecule has 1 aromatic heterocycles. The van der Waals surface area contributed by atoms with E-state index in [0.29, 0.717) is 28.5 Å². The highest BCUT2D eigenvalue weighted by molar-refractivity contribution is 5.98. The number of hydrogen-bond donors (Lipinski definition) is 4. The number of aliphatic carboxylic acids is 1. The van der Waals surface area contributed by atoms with Crippen LogP contribution in [0.1, 0.15) is 36.2 Å². The standard InChI is InChI=1S/C24H27N5O4.CH4/c1-29(2)23(26)16-3-5-17(6-4-16)24(32)28-18(8-10-21(30)31)14-33-19-9-7-15-11-12-27-22(25)20(15)13-19;/h3-7,9,11-13,18,26H,8,10,14H2,1-2H3,(H2,25,27)(H,28,32)(H,30,31);1H4/t18-;/m1./s1. The molecular formula is C25H31N5O4. The van der Waals surface area contributed by atoms with E-state index in [4.69, 9.17) is 21.0 Å². The van der Waals surface area contributed by atoms with Gasteiger partial charge in [0.25, 0.3) is 5.91 Å². The third kappa shape index (κ3) is 6.68. The van der Waals surface area contributed by atoms with Crippen LogP contribution in [-0.4, -0.2) is 59.4 Å². The predicted octanol–water partition coefficient (Wildman–Crippen LogP) is 3.38. The van der Waals surface area contributed by atoms with Crippen LogP contribution in [0.5, 0.6) is 5.75 Å². The lowest BCUT2D eigenvalue weighted by Gasteiger charge is -2.19. The number of nitrogen functional groups attached to an aromatic ring is 1. The number of amides is 1. The summed E-state index contributed by atoms with van der Waals surface area (Å²) in [6, 6.07) is 13.4. The van der Waals surface area contributed by atoms with Crippen LogP contribution < -0.4 is 15.8 Å². The Morgan fingerprint density at radius 3 is 2.47 bits per heavy atom. The van der Waals surface area contributed by atoms with E-state index >= 15 is 0 Å². The SMILES string of the molecule is C.CN(C)C(=N)c1ccc(C(=O)N[C@H](CCC(=O)O)COc2ccc3ccnc(N)c3c2)cc1. The molecule has 1 amide bonds. The minimum Gasteiger partial charge on any atom is -0.491 e. The van der Waals surface area contributed by atoms with Crippen molar-refractivity contribution in [2.24, 2.45) is 0 Å². The van der Waals surface area contributed by atoms with Crippen molar-refractivity contribution < 1.29 is 19.4 Å². The van der Waals surface area contributed by atoms with E-state index in [1.807, 2.05) is 12.1 Å². The topological polar surface area (TPSA) is 142 Å². The van der Waals surface area contributed by atoms with E-state index < -0.39 is 12.0 Å². The molecule has 2 aromatic carbocycles. The zero-order chi connectivity index (χ0) is 24.0. The highest BCUT2D eigenvalue weighted by Gasteiger charge is 2.17. The van der Waals surface area contributed by atoms with Crippen molar-refractivity contribution in [3.05, 3.63) is 65.9 Å². The molecule has 0 aliphatic heterocycles. The van der Waals surface area contributed by atoms with Crippen molar-refractivity contribution >= 4 is 34.3 Å². The van der Waals surface area contributed by atoms with Gasteiger partial charge in [0, 0.05) is 43.2 Å². The smallest absolute Gasteiger partial charge is 0.303 e. The van der Waals surface area contributed by atoms with Gasteiger partial charge in [-0.25, -0.2) is 4.98 Å². The number of carbonyl (C=O) groups is 2. The average molecular weight is 466 g/mol. The molecule has 0 radical (unpaired) electrons. The van der Waals surface area contributed by atoms with E-state index in [2.05, 4.69) is 10.3 Å². The Morgan fingerprint density at radius 1 is 1.15 bits per heavy atom. The molecule has 34 heavy (non-hydrogen) atoms. The summed E-state index contributed by atoms with van der Waals surface area (Å²) in [7, 11) is 3.55. The summed E-state index contributed by atoms with van der Waals surface area (Å²) in [5.41, 5.74) is 7.03. The number of ether oxygens (including phenoxy) is 1. The van der Waals surface area contributed by atoms with Crippen LogP contribution in [-0.2, 0) is 4.79 Å². The molecule has 0 bridgehead atoms. The first-order valence-corrected chi connectivity index (χ1v) is 10.4. The van der Waals surface area contributed by atoms with Crippen LogP contribution in [0.3, 0.4) is 0 Å². The predicted molar refractivity (Wildman–Crippen MR) is 133 cm³/mol. The molecule has 9 heteroatoms. The fourth-order valence-corrected chi connectivity index (χ4v) is 3.26. The van der Waals surface area contributed by atoms with Crippen molar-refractivity contribution in [1.29, 1.82) is 5.41 Å². The molecule has 0 saturated heterocycles. The zero-order valence-electron chi connectivity index (χ0n) is 18.5. The van der Waals surface area contributed by atoms with Gasteiger partial charge in [-0.2, -0.15) is 0 Å². The van der Waals surface area contributed by atoms with Crippen LogP contribution in [0.25, 0.3) is 10.8 Å². The lowest BCUT2D eigenvalue weighted by Crippen LogP contribution is -2.39. The number of benzene rings is 2. The second kappa shape index (κ2) is 11.6. The number of nitrogens with one attached hydrogen (secondary N) is 2. The summed E-state index contributed by atoms with van der Waals surface area (Å²) >= 11 is 0. The van der Waals surface area contributed by atoms with Crippen molar-refractivity contribution in [1.82, 2.24) is 15.2 Å². The summed E-state index contributed by atoms with van der Waals surface area (Å²) in [6.07, 6.45) is 1.73. The number of amidine groups is 1. The van der Waals surface area contributed by atoms with E-state index in [1.54, 1.807) is 61.6 Å². The number of nitrogens with zero attached hydrogens (tertiary/aromatic N) is 2. The van der Waals surface area contributed by atoms with Gasteiger partial charge in [-0.3, -0.25) is 15.0 Å². The molecule has 0 aliphatic carbocycles. The summed E-state index contributed by atoms with van der Waals surface area (Å²) in [4.78, 5) is 29.6. The molecule has 0 aliphatic rings. The van der Waals surface area contributed by atoms with E-state index in [1.165, 1.54) is 0 Å². The molecule has 0 saturated carbocycles. The molecule has 0 unspecified atom stereocenters. The molecule has 9 nitrogen and oxygen atoms in total. The Hall–Kier alpha value is -4.14. The van der Waals surface area contributed by atoms with Gasteiger partial charge in [-0.05, 0) is 42.1 Å². The van der Waals surface area contributed by atoms with Crippen LogP contribution in [0.4, 0.5) is 5.82 Å². The molecule has 1 heterocycles. The van der Waals surface area contributed by atoms with Gasteiger partial charge >= 0.3 is 5.97 Å². The van der Waals surface area contributed by atoms with E-state index in [0.717, 1.165) is 10.8 Å². The second-order valence-corrected chi connectivity index (χ2v) is 7.81. The lowest BCUT2D eigenvalue weighted by atomic mass is 10.1. The molecule has 0 fully saturated rings. The highest BCUT2D eigenvalue weighted by atomic mass is 16.5. The Kier molecular flexibility index (Phi) is 8.94. The number of nitrogens with two attached hydrogens (primary N) is 1. The van der Waals surface area contributed by atoms with Crippen molar-refractivity contribution in [3.8, 4) is 5.75 Å². The van der Waals surface area contributed by atoms with Crippen LogP contribution in [0.2, 0.25) is 0 Å². The monoisotopic (exact) mass is 465 g/mol. The summed E-state index contributed by atoms with van der Waals surface area (Å²) < 4.78 is 5.85. The minimum absolute atomic E-state index is 0. The number of hydrogen-bond acceptors (Lipinski definition) is 6. The van der Waals surface area contributed by atoms with Gasteiger partial charge in [0.2, 0.25) is 0 Å². The maximum atomic E-state index is 12.7. The van der Waals surface area contributed by atoms with Crippen LogP contribution in [0, 0.1) is 5.41 Å². The minimum atomic E-state index is -0.953. The fourth-order valence-electron chi connectivity index (χ4n) is 3.26. The van der Waals surface area contributed by atoms with Gasteiger partial charge in [-0.15, -0.1) is 0 Å². The highest BCUT2D eigenvalue weighted by Crippen LogP contribution is 2.24. The van der Waals surface area contributed by atoms with Crippen LogP contribution >= 0.6 is 0 Å². The third-order valence-corrected chi connectivity index (χ3v) is 5.13. The summed E-state index contributed by atoms with van der Waals surface area (Å²) in [5, 5.41) is 21.6. The van der Waals surface area contributed by atoms with Gasteiger partial charge < -0.3 is 25.8 Å². The first kappa shape index (κ1) is 26.1. The fraction of sp³-hybridized carbons (Fsp3) is 0.280. The normalized spacial score (nSPS) is 11.2. The zero-order valence-corrected chi connectivity index (χ0v) is 18.5. The second-order valence-electron chi connectivity index (χ2n) is 7.81. The molecule has 5 N–H and O–H groups in total. The number of carboxylic acids is 1. The summed E-state index contributed by atoms with van der Waals surface area (Å²) in [6.45, 7) is 0.0913. The molecule has 1 atom stereocenters. The van der Waals surface area contributed by atoms with E-state index in [9.17, 15) is 9.59 Å². The third-order valence-electron chi connectivity index (χ3n) is 5.13. The van der Waals surface area contributed by atoms with Gasteiger partial charge in [0.1, 0.15) is 24.0 Å². The first-order chi connectivity index (χ1) is 15.7. The molecular weight excluding hydrogens is 434 g/mol. The number of anilines is 1. The van der Waals surface area contributed by atoms with Crippen molar-refractivity contribution in [2.45, 2.75) is 26.3 Å². The molecule has 180 valence electrons. The van der Waals surface area contributed by atoms with Gasteiger partial charge in [0.05, 0.1) is 6.04 Å². The number of rotatable bonds is 9. The maximum Gasteiger partial charge on any atom is 0.303 e. The number of carbonyl (C=O) groups excluding carboxylic acids is 1. The quantitative estimate of drug-likeness (QED) is 0.280. The summed E-state index contributed by atoms with van der Waals surface area (Å²) in [5.74, 6) is -0.0297. The first-order valence-electron chi connectivity index (χ1n) is 10.4. The Labute approximate surface area is 199 Å². The largest absolute Gasteiger partial charge is 0.491 e. The Bertz CT molecular complexity index is 1160. The maximum absolute atomic E-state index is 12.7. The van der Waals surface area contributed by atoms with Gasteiger partial charge in [-0.1, -0.05) is 25.6 Å². The lowest BCUT2D eigenvalue weighted by molar-refractivity contribution is -0.137. The average Bonchev–Trinajstić information content (AvgIpc) is 2.80. The number of pyridine rings is 1. The number of aromatic nitrogens is 1. The number of carboxylic acid groups (broad SMARTS) is 1. The molecule has 0 spiro atoms. The van der Waals surface area contributed by atoms with Crippen molar-refractivity contribution in [2.75, 3.05) is 26.4 Å². The van der Waals surface area contributed by atoms with E-state index in [-0.39, 0.29) is 32.8 Å². The molecule has 3 aromatic rings. The van der Waals surface area contributed by atoms with Crippen molar-refractivity contribution in [3.63, 3.8) is 0 Å². The number of fused-ring (bicyclic) bond motifs is 1. The molecule has 3 rings (SSSR count). The van der Waals surface area contributed by atoms with Crippen LogP contribution in [0.15, 0.2) is 54.7 Å². The Balaban J connectivity index is 0.00000408. The Morgan fingerprint density at radius 2 is 1.82 bits per heavy atom.